The first-order valence-corrected chi connectivity index (χ1v) is 8.22. The van der Waals surface area contributed by atoms with Gasteiger partial charge in [0.25, 0.3) is 5.69 Å². The molecular weight excluding hydrogens is 335 g/mol. The minimum absolute atomic E-state index is 0.134. The van der Waals surface area contributed by atoms with Crippen LogP contribution in [0.5, 0.6) is 5.75 Å². The largest absolute Gasteiger partial charge is 0.502 e. The van der Waals surface area contributed by atoms with Crippen molar-refractivity contribution in [1.29, 1.82) is 0 Å². The molecule has 0 radical (unpaired) electrons. The Morgan fingerprint density at radius 2 is 1.88 bits per heavy atom. The van der Waals surface area contributed by atoms with Crippen molar-refractivity contribution in [2.45, 2.75) is 26.4 Å². The summed E-state index contributed by atoms with van der Waals surface area (Å²) in [6.45, 7) is 5.66. The fourth-order valence-electron chi connectivity index (χ4n) is 2.38. The third kappa shape index (κ3) is 4.98. The fraction of sp³-hybridized carbons (Fsp3) is 0.278. The normalized spacial score (nSPS) is 10.9. The maximum absolute atomic E-state index is 11.9. The van der Waals surface area contributed by atoms with Crippen molar-refractivity contribution in [3.8, 4) is 16.9 Å². The number of nitro groups is 1. The molecule has 1 amide bonds. The smallest absolute Gasteiger partial charge is 0.412 e. The summed E-state index contributed by atoms with van der Waals surface area (Å²) in [6, 6.07) is 11.6. The Morgan fingerprint density at radius 1 is 1.19 bits per heavy atom. The molecule has 0 saturated carbocycles. The number of anilines is 1. The predicted molar refractivity (Wildman–Crippen MR) is 102 cm³/mol. The third-order valence-corrected chi connectivity index (χ3v) is 3.32. The number of hydrogen-bond donors (Lipinski definition) is 1. The first kappa shape index (κ1) is 19.3. The van der Waals surface area contributed by atoms with Crippen molar-refractivity contribution in [2.24, 2.45) is 0 Å². The summed E-state index contributed by atoms with van der Waals surface area (Å²) in [4.78, 5) is 22.9. The number of rotatable bonds is 5. The fourth-order valence-corrected chi connectivity index (χ4v) is 2.38. The number of nitrogens with one attached hydrogen (secondary N) is 1. The van der Waals surface area contributed by atoms with E-state index in [1.165, 1.54) is 6.07 Å². The molecule has 0 aromatic heterocycles. The maximum Gasteiger partial charge on any atom is 0.412 e. The summed E-state index contributed by atoms with van der Waals surface area (Å²) >= 11 is 0. The van der Waals surface area contributed by atoms with Crippen LogP contribution in [0.25, 0.3) is 11.1 Å². The number of nitro benzene ring substituents is 1. The van der Waals surface area contributed by atoms with Crippen LogP contribution in [0.2, 0.25) is 0 Å². The van der Waals surface area contributed by atoms with E-state index in [-0.39, 0.29) is 11.4 Å². The van der Waals surface area contributed by atoms with Gasteiger partial charge in [-0.1, -0.05) is 18.2 Å². The van der Waals surface area contributed by atoms with Gasteiger partial charge in [-0.05, 0) is 39.0 Å². The Labute approximate surface area is 152 Å². The molecule has 0 fully saturated rings. The summed E-state index contributed by atoms with van der Waals surface area (Å²) in [5.41, 5.74) is 0.514. The standard InChI is InChI=1S/C18H21BN2O5/c1-18(2,3)26-17(22)20-12-8-9-13(15(10-12)21(23)24)14-6-4-5-7-16(14)25-11-19/h4-10H,11,19H2,1-3H3,(H,20,22). The van der Waals surface area contributed by atoms with E-state index in [0.29, 0.717) is 23.4 Å². The number of ether oxygens (including phenoxy) is 2. The molecule has 0 bridgehead atoms. The van der Waals surface area contributed by atoms with Crippen LogP contribution in [0.15, 0.2) is 42.5 Å². The topological polar surface area (TPSA) is 90.7 Å². The summed E-state index contributed by atoms with van der Waals surface area (Å²) in [7, 11) is 1.85. The minimum atomic E-state index is -0.672. The molecule has 0 atom stereocenters. The molecule has 8 heteroatoms. The zero-order valence-corrected chi connectivity index (χ0v) is 15.2. The lowest BCUT2D eigenvalue weighted by Crippen LogP contribution is -2.27. The quantitative estimate of drug-likeness (QED) is 0.502. The van der Waals surface area contributed by atoms with Crippen molar-refractivity contribution in [2.75, 3.05) is 11.8 Å². The van der Waals surface area contributed by atoms with Crippen molar-refractivity contribution in [3.63, 3.8) is 0 Å². The highest BCUT2D eigenvalue weighted by Crippen LogP contribution is 2.37. The van der Waals surface area contributed by atoms with Crippen LogP contribution in [0, 0.1) is 10.1 Å². The number of carbonyl (C=O) groups excluding carboxylic acids is 1. The number of amides is 1. The van der Waals surface area contributed by atoms with Gasteiger partial charge in [0.05, 0.1) is 22.7 Å². The second kappa shape index (κ2) is 7.90. The van der Waals surface area contributed by atoms with E-state index in [4.69, 9.17) is 9.47 Å². The van der Waals surface area contributed by atoms with Crippen molar-refractivity contribution in [3.05, 3.63) is 52.6 Å². The van der Waals surface area contributed by atoms with Crippen LogP contribution in [-0.4, -0.2) is 31.0 Å². The first-order chi connectivity index (χ1) is 12.2. The van der Waals surface area contributed by atoms with Crippen LogP contribution in [-0.2, 0) is 4.74 Å². The molecule has 26 heavy (non-hydrogen) atoms. The van der Waals surface area contributed by atoms with Crippen LogP contribution >= 0.6 is 0 Å². The Balaban J connectivity index is 2.39. The van der Waals surface area contributed by atoms with Crippen molar-refractivity contribution < 1.29 is 19.2 Å². The SMILES string of the molecule is BCOc1ccccc1-c1ccc(NC(=O)OC(C)(C)C)cc1[N+](=O)[O-]. The highest BCUT2D eigenvalue weighted by molar-refractivity contribution is 6.08. The molecule has 2 aromatic carbocycles. The van der Waals surface area contributed by atoms with Crippen molar-refractivity contribution in [1.82, 2.24) is 0 Å². The molecular formula is C18H21BN2O5. The van der Waals surface area contributed by atoms with E-state index in [9.17, 15) is 14.9 Å². The second-order valence-electron chi connectivity index (χ2n) is 6.55. The van der Waals surface area contributed by atoms with E-state index in [2.05, 4.69) is 5.32 Å². The Bertz CT molecular complexity index is 817. The van der Waals surface area contributed by atoms with Gasteiger partial charge in [0, 0.05) is 11.6 Å². The van der Waals surface area contributed by atoms with Crippen molar-refractivity contribution >= 4 is 25.3 Å². The van der Waals surface area contributed by atoms with E-state index < -0.39 is 16.6 Å². The number of hydrogen-bond acceptors (Lipinski definition) is 5. The van der Waals surface area contributed by atoms with Crippen LogP contribution in [0.1, 0.15) is 20.8 Å². The average molecular weight is 356 g/mol. The zero-order valence-electron chi connectivity index (χ0n) is 15.2. The van der Waals surface area contributed by atoms with E-state index in [1.54, 1.807) is 57.2 Å². The number of carbonyl (C=O) groups is 1. The van der Waals surface area contributed by atoms with Crippen LogP contribution in [0.4, 0.5) is 16.2 Å². The molecule has 0 heterocycles. The molecule has 0 aliphatic rings. The summed E-state index contributed by atoms with van der Waals surface area (Å²) in [5.74, 6) is 0.561. The number of para-hydroxylation sites is 1. The molecule has 0 aliphatic heterocycles. The lowest BCUT2D eigenvalue weighted by atomic mass is 10.0. The van der Waals surface area contributed by atoms with Gasteiger partial charge >= 0.3 is 6.09 Å². The molecule has 0 spiro atoms. The lowest BCUT2D eigenvalue weighted by Gasteiger charge is -2.19. The Hall–Kier alpha value is -3.03. The molecule has 1 N–H and O–H groups in total. The van der Waals surface area contributed by atoms with Gasteiger partial charge in [-0.25, -0.2) is 4.79 Å². The summed E-state index contributed by atoms with van der Waals surface area (Å²) in [6.07, 6.45) is -0.672. The zero-order chi connectivity index (χ0) is 19.3. The average Bonchev–Trinajstić information content (AvgIpc) is 2.54. The number of benzene rings is 2. The minimum Gasteiger partial charge on any atom is -0.502 e. The van der Waals surface area contributed by atoms with Gasteiger partial charge in [-0.15, -0.1) is 0 Å². The molecule has 0 unspecified atom stereocenters. The first-order valence-electron chi connectivity index (χ1n) is 8.22. The van der Waals surface area contributed by atoms with Gasteiger partial charge in [0.1, 0.15) is 11.4 Å². The molecule has 0 saturated heterocycles. The van der Waals surface area contributed by atoms with Gasteiger partial charge in [0.15, 0.2) is 7.85 Å². The van der Waals surface area contributed by atoms with E-state index in [1.807, 2.05) is 7.85 Å². The summed E-state index contributed by atoms with van der Waals surface area (Å²) in [5, 5.41) is 14.1. The van der Waals surface area contributed by atoms with Crippen LogP contribution < -0.4 is 10.1 Å². The highest BCUT2D eigenvalue weighted by atomic mass is 16.6. The second-order valence-corrected chi connectivity index (χ2v) is 6.55. The van der Waals surface area contributed by atoms with Gasteiger partial charge in [-0.3, -0.25) is 15.4 Å². The molecule has 2 rings (SSSR count). The molecule has 136 valence electrons. The lowest BCUT2D eigenvalue weighted by molar-refractivity contribution is -0.384. The maximum atomic E-state index is 11.9. The van der Waals surface area contributed by atoms with E-state index in [0.717, 1.165) is 0 Å². The molecule has 0 aliphatic carbocycles. The highest BCUT2D eigenvalue weighted by Gasteiger charge is 2.21. The van der Waals surface area contributed by atoms with Gasteiger partial charge < -0.3 is 9.47 Å². The molecule has 7 nitrogen and oxygen atoms in total. The van der Waals surface area contributed by atoms with Crippen LogP contribution in [0.3, 0.4) is 0 Å². The predicted octanol–water partition coefficient (Wildman–Crippen LogP) is 3.58. The van der Waals surface area contributed by atoms with Gasteiger partial charge in [-0.2, -0.15) is 0 Å². The Kier molecular flexibility index (Phi) is 5.87. The van der Waals surface area contributed by atoms with Gasteiger partial charge in [0.2, 0.25) is 0 Å². The Morgan fingerprint density at radius 3 is 2.50 bits per heavy atom. The third-order valence-electron chi connectivity index (χ3n) is 3.32. The molecule has 2 aromatic rings. The summed E-state index contributed by atoms with van der Waals surface area (Å²) < 4.78 is 10.7. The number of nitrogens with zero attached hydrogens (tertiary/aromatic N) is 1. The monoisotopic (exact) mass is 356 g/mol. The van der Waals surface area contributed by atoms with E-state index >= 15 is 0 Å².